The van der Waals surface area contributed by atoms with Crippen LogP contribution in [0.3, 0.4) is 0 Å². The topological polar surface area (TPSA) is 13.0 Å². The van der Waals surface area contributed by atoms with Crippen molar-refractivity contribution < 1.29 is 0 Å². The molecule has 3 fully saturated rings. The van der Waals surface area contributed by atoms with Crippen LogP contribution in [0, 0.1) is 5.92 Å². The Hall–Kier alpha value is -0.160. The van der Waals surface area contributed by atoms with Crippen LogP contribution in [-0.4, -0.2) is 97.6 Å². The summed E-state index contributed by atoms with van der Waals surface area (Å²) in [7, 11) is 0. The summed E-state index contributed by atoms with van der Waals surface area (Å²) >= 11 is 0. The Morgan fingerprint density at radius 2 is 1.24 bits per heavy atom. The van der Waals surface area contributed by atoms with Gasteiger partial charge in [-0.2, -0.15) is 0 Å². The van der Waals surface area contributed by atoms with Gasteiger partial charge in [-0.3, -0.25) is 4.90 Å². The molecule has 3 heterocycles. The van der Waals surface area contributed by atoms with Crippen LogP contribution < -0.4 is 0 Å². The monoisotopic (exact) mass is 294 g/mol. The van der Waals surface area contributed by atoms with E-state index in [4.69, 9.17) is 0 Å². The van der Waals surface area contributed by atoms with E-state index in [1.54, 1.807) is 0 Å². The van der Waals surface area contributed by atoms with Gasteiger partial charge in [0.2, 0.25) is 0 Å². The molecule has 122 valence electrons. The van der Waals surface area contributed by atoms with Crippen molar-refractivity contribution in [2.24, 2.45) is 5.92 Å². The van der Waals surface area contributed by atoms with E-state index in [2.05, 4.69) is 33.4 Å². The molecule has 0 unspecified atom stereocenters. The second kappa shape index (κ2) is 7.40. The zero-order valence-electron chi connectivity index (χ0n) is 14.1. The summed E-state index contributed by atoms with van der Waals surface area (Å²) in [5.41, 5.74) is 0. The van der Waals surface area contributed by atoms with E-state index < -0.39 is 0 Å². The average molecular weight is 294 g/mol. The molecule has 0 aliphatic carbocycles. The summed E-state index contributed by atoms with van der Waals surface area (Å²) in [6.07, 6.45) is 2.80. The number of hydrogen-bond acceptors (Lipinski definition) is 4. The van der Waals surface area contributed by atoms with Gasteiger partial charge in [-0.25, -0.2) is 0 Å². The van der Waals surface area contributed by atoms with Gasteiger partial charge < -0.3 is 14.7 Å². The smallest absolute Gasteiger partial charge is 0.0120 e. The summed E-state index contributed by atoms with van der Waals surface area (Å²) in [4.78, 5) is 10.6. The highest BCUT2D eigenvalue weighted by atomic mass is 15.3. The number of nitrogens with zero attached hydrogens (tertiary/aromatic N) is 4. The number of piperazine rings is 1. The lowest BCUT2D eigenvalue weighted by Gasteiger charge is -2.49. The fourth-order valence-corrected chi connectivity index (χ4v) is 4.28. The van der Waals surface area contributed by atoms with Crippen molar-refractivity contribution in [3.05, 3.63) is 0 Å². The van der Waals surface area contributed by atoms with E-state index in [-0.39, 0.29) is 0 Å². The second-order valence-electron chi connectivity index (χ2n) is 7.22. The minimum absolute atomic E-state index is 0.890. The molecular formula is C17H34N4. The molecule has 0 atom stereocenters. The lowest BCUT2D eigenvalue weighted by molar-refractivity contribution is -0.00119. The van der Waals surface area contributed by atoms with Crippen molar-refractivity contribution in [2.75, 3.05) is 72.0 Å². The van der Waals surface area contributed by atoms with Gasteiger partial charge in [0.25, 0.3) is 0 Å². The Morgan fingerprint density at radius 1 is 0.714 bits per heavy atom. The maximum atomic E-state index is 2.76. The Balaban J connectivity index is 1.31. The Labute approximate surface area is 131 Å². The first kappa shape index (κ1) is 15.7. The molecule has 0 saturated carbocycles. The molecular weight excluding hydrogens is 260 g/mol. The number of rotatable bonds is 5. The minimum atomic E-state index is 0.890. The first-order chi connectivity index (χ1) is 10.3. The number of piperidine rings is 1. The maximum Gasteiger partial charge on any atom is 0.0120 e. The maximum absolute atomic E-state index is 2.76. The third-order valence-corrected chi connectivity index (χ3v) is 5.93. The van der Waals surface area contributed by atoms with Crippen molar-refractivity contribution in [2.45, 2.75) is 32.7 Å². The van der Waals surface area contributed by atoms with Crippen LogP contribution in [0.25, 0.3) is 0 Å². The fourth-order valence-electron chi connectivity index (χ4n) is 4.28. The molecule has 21 heavy (non-hydrogen) atoms. The van der Waals surface area contributed by atoms with Gasteiger partial charge >= 0.3 is 0 Å². The van der Waals surface area contributed by atoms with Crippen molar-refractivity contribution in [3.63, 3.8) is 0 Å². The van der Waals surface area contributed by atoms with Crippen LogP contribution in [0.15, 0.2) is 0 Å². The summed E-state index contributed by atoms with van der Waals surface area (Å²) in [6, 6.07) is 0.890. The normalized spacial score (nSPS) is 28.9. The van der Waals surface area contributed by atoms with E-state index >= 15 is 0 Å². The molecule has 4 nitrogen and oxygen atoms in total. The van der Waals surface area contributed by atoms with Gasteiger partial charge in [-0.15, -0.1) is 0 Å². The number of likely N-dealkylation sites (N-methyl/N-ethyl adjacent to an activating group) is 1. The highest BCUT2D eigenvalue weighted by Gasteiger charge is 2.34. The lowest BCUT2D eigenvalue weighted by atomic mass is 9.92. The molecule has 0 radical (unpaired) electrons. The quantitative estimate of drug-likeness (QED) is 0.751. The molecule has 0 N–H and O–H groups in total. The van der Waals surface area contributed by atoms with Crippen molar-refractivity contribution in [1.29, 1.82) is 0 Å². The van der Waals surface area contributed by atoms with E-state index in [0.29, 0.717) is 0 Å². The summed E-state index contributed by atoms with van der Waals surface area (Å²) in [5, 5.41) is 0. The second-order valence-corrected chi connectivity index (χ2v) is 7.22. The van der Waals surface area contributed by atoms with Crippen LogP contribution in [-0.2, 0) is 0 Å². The highest BCUT2D eigenvalue weighted by Crippen LogP contribution is 2.25. The average Bonchev–Trinajstić information content (AvgIpc) is 2.51. The summed E-state index contributed by atoms with van der Waals surface area (Å²) < 4.78 is 0. The van der Waals surface area contributed by atoms with E-state index in [1.807, 2.05) is 0 Å². The Kier molecular flexibility index (Phi) is 5.54. The molecule has 0 amide bonds. The zero-order chi connectivity index (χ0) is 14.7. The molecule has 4 heteroatoms. The van der Waals surface area contributed by atoms with E-state index in [1.165, 1.54) is 84.8 Å². The molecule has 3 aliphatic rings. The first-order valence-electron chi connectivity index (χ1n) is 9.19. The van der Waals surface area contributed by atoms with Crippen LogP contribution >= 0.6 is 0 Å². The highest BCUT2D eigenvalue weighted by molar-refractivity contribution is 4.90. The van der Waals surface area contributed by atoms with Crippen LogP contribution in [0.5, 0.6) is 0 Å². The van der Waals surface area contributed by atoms with Crippen molar-refractivity contribution >= 4 is 0 Å². The standard InChI is InChI=1S/C17H34N4/c1-3-18-7-5-17(6-8-18)21-14-16(15-21)13-20-11-9-19(4-2)10-12-20/h16-17H,3-15H2,1-2H3. The molecule has 3 rings (SSSR count). The minimum Gasteiger partial charge on any atom is -0.303 e. The zero-order valence-corrected chi connectivity index (χ0v) is 14.1. The largest absolute Gasteiger partial charge is 0.303 e. The van der Waals surface area contributed by atoms with Gasteiger partial charge in [-0.05, 0) is 44.9 Å². The predicted molar refractivity (Wildman–Crippen MR) is 88.8 cm³/mol. The predicted octanol–water partition coefficient (Wildman–Crippen LogP) is 1.04. The summed E-state index contributed by atoms with van der Waals surface area (Å²) in [6.45, 7) is 18.9. The molecule has 0 spiro atoms. The van der Waals surface area contributed by atoms with Gasteiger partial charge in [0.05, 0.1) is 0 Å². The van der Waals surface area contributed by atoms with Crippen molar-refractivity contribution in [3.8, 4) is 0 Å². The molecule has 3 aliphatic heterocycles. The van der Waals surface area contributed by atoms with Gasteiger partial charge in [0.15, 0.2) is 0 Å². The molecule has 3 saturated heterocycles. The van der Waals surface area contributed by atoms with Crippen molar-refractivity contribution in [1.82, 2.24) is 19.6 Å². The van der Waals surface area contributed by atoms with Gasteiger partial charge in [-0.1, -0.05) is 13.8 Å². The van der Waals surface area contributed by atoms with E-state index in [0.717, 1.165) is 12.0 Å². The van der Waals surface area contributed by atoms with Crippen LogP contribution in [0.1, 0.15) is 26.7 Å². The van der Waals surface area contributed by atoms with Crippen LogP contribution in [0.4, 0.5) is 0 Å². The fraction of sp³-hybridized carbons (Fsp3) is 1.00. The number of hydrogen-bond donors (Lipinski definition) is 0. The number of likely N-dealkylation sites (tertiary alicyclic amines) is 2. The van der Waals surface area contributed by atoms with E-state index in [9.17, 15) is 0 Å². The first-order valence-corrected chi connectivity index (χ1v) is 9.19. The molecule has 0 bridgehead atoms. The summed E-state index contributed by atoms with van der Waals surface area (Å²) in [5.74, 6) is 0.947. The molecule has 0 aromatic rings. The Morgan fingerprint density at radius 3 is 1.81 bits per heavy atom. The lowest BCUT2D eigenvalue weighted by Crippen LogP contribution is -2.58. The third-order valence-electron chi connectivity index (χ3n) is 5.93. The third kappa shape index (κ3) is 3.98. The Bertz CT molecular complexity index is 300. The van der Waals surface area contributed by atoms with Gasteiger partial charge in [0.1, 0.15) is 0 Å². The van der Waals surface area contributed by atoms with Gasteiger partial charge in [0, 0.05) is 51.9 Å². The molecule has 0 aromatic carbocycles. The SMILES string of the molecule is CCN1CCC(N2CC(CN3CCN(CC)CC3)C2)CC1. The van der Waals surface area contributed by atoms with Crippen LogP contribution in [0.2, 0.25) is 0 Å². The molecule has 0 aromatic heterocycles.